The minimum absolute atomic E-state index is 0.0733. The molecule has 5 heteroatoms. The summed E-state index contributed by atoms with van der Waals surface area (Å²) in [5.74, 6) is 0. The number of hydrogen-bond donors (Lipinski definition) is 2. The van der Waals surface area contributed by atoms with Gasteiger partial charge in [0.05, 0.1) is 4.90 Å². The lowest BCUT2D eigenvalue weighted by Gasteiger charge is -2.55. The molecule has 3 rings (SSSR count). The largest absolute Gasteiger partial charge is 0.315 e. The molecule has 1 unspecified atom stereocenters. The van der Waals surface area contributed by atoms with Gasteiger partial charge in [0.15, 0.2) is 9.84 Å². The van der Waals surface area contributed by atoms with Gasteiger partial charge in [0, 0.05) is 25.0 Å². The van der Waals surface area contributed by atoms with Gasteiger partial charge in [0.1, 0.15) is 5.37 Å². The Kier molecular flexibility index (Phi) is 2.56. The van der Waals surface area contributed by atoms with Crippen molar-refractivity contribution in [2.45, 2.75) is 24.1 Å². The number of rotatable bonds is 2. The van der Waals surface area contributed by atoms with Crippen LogP contribution in [0.4, 0.5) is 0 Å². The van der Waals surface area contributed by atoms with Gasteiger partial charge in [-0.2, -0.15) is 0 Å². The van der Waals surface area contributed by atoms with Gasteiger partial charge >= 0.3 is 0 Å². The van der Waals surface area contributed by atoms with E-state index in [0.717, 1.165) is 30.8 Å². The zero-order chi connectivity index (χ0) is 13.0. The van der Waals surface area contributed by atoms with E-state index >= 15 is 0 Å². The molecule has 4 nitrogen and oxygen atoms in total. The van der Waals surface area contributed by atoms with Crippen molar-refractivity contribution in [3.8, 4) is 0 Å². The summed E-state index contributed by atoms with van der Waals surface area (Å²) in [6.07, 6.45) is 0. The SMILES string of the molecule is Cc1ccc(S(=O)(=O)C2NCC23CNC3)c(C)c1. The Balaban J connectivity index is 2.00. The standard InChI is InChI=1S/C13H18N2O2S/c1-9-3-4-11(10(2)5-9)18(16,17)12-13(8-15-12)6-14-7-13/h3-5,12,14-15H,6-8H2,1-2H3. The lowest BCUT2D eigenvalue weighted by molar-refractivity contribution is 0.0641. The fraction of sp³-hybridized carbons (Fsp3) is 0.538. The van der Waals surface area contributed by atoms with Crippen molar-refractivity contribution < 1.29 is 8.42 Å². The van der Waals surface area contributed by atoms with Crippen molar-refractivity contribution in [1.29, 1.82) is 0 Å². The number of benzene rings is 1. The summed E-state index contributed by atoms with van der Waals surface area (Å²) in [4.78, 5) is 0.469. The summed E-state index contributed by atoms with van der Waals surface area (Å²) >= 11 is 0. The molecular formula is C13H18N2O2S. The number of nitrogens with one attached hydrogen (secondary N) is 2. The van der Waals surface area contributed by atoms with E-state index in [1.807, 2.05) is 26.0 Å². The van der Waals surface area contributed by atoms with Gasteiger partial charge in [-0.25, -0.2) is 8.42 Å². The summed E-state index contributed by atoms with van der Waals surface area (Å²) in [6.45, 7) is 6.24. The minimum Gasteiger partial charge on any atom is -0.315 e. The van der Waals surface area contributed by atoms with Crippen LogP contribution in [0.15, 0.2) is 23.1 Å². The average Bonchev–Trinajstić information content (AvgIpc) is 2.11. The summed E-state index contributed by atoms with van der Waals surface area (Å²) in [5, 5.41) is 5.84. The first-order chi connectivity index (χ1) is 8.46. The molecular weight excluding hydrogens is 248 g/mol. The molecule has 2 fully saturated rings. The Labute approximate surface area is 108 Å². The first kappa shape index (κ1) is 12.1. The lowest BCUT2D eigenvalue weighted by atomic mass is 9.76. The minimum atomic E-state index is -3.27. The van der Waals surface area contributed by atoms with Crippen molar-refractivity contribution in [1.82, 2.24) is 10.6 Å². The molecule has 2 heterocycles. The maximum atomic E-state index is 12.7. The highest BCUT2D eigenvalue weighted by Crippen LogP contribution is 2.39. The molecule has 0 aromatic heterocycles. The summed E-state index contributed by atoms with van der Waals surface area (Å²) in [7, 11) is -3.27. The molecule has 2 aliphatic rings. The highest BCUT2D eigenvalue weighted by Gasteiger charge is 2.57. The topological polar surface area (TPSA) is 58.2 Å². The molecule has 2 aliphatic heterocycles. The van der Waals surface area contributed by atoms with E-state index in [2.05, 4.69) is 10.6 Å². The zero-order valence-electron chi connectivity index (χ0n) is 10.7. The van der Waals surface area contributed by atoms with Crippen molar-refractivity contribution in [2.24, 2.45) is 5.41 Å². The molecule has 0 bridgehead atoms. The molecule has 1 aromatic carbocycles. The first-order valence-corrected chi connectivity index (χ1v) is 7.76. The Morgan fingerprint density at radius 3 is 2.39 bits per heavy atom. The maximum Gasteiger partial charge on any atom is 0.195 e. The van der Waals surface area contributed by atoms with E-state index in [9.17, 15) is 8.42 Å². The van der Waals surface area contributed by atoms with E-state index in [0.29, 0.717) is 4.90 Å². The molecule has 0 aliphatic carbocycles. The second-order valence-corrected chi connectivity index (χ2v) is 7.54. The molecule has 1 atom stereocenters. The van der Waals surface area contributed by atoms with E-state index in [1.165, 1.54) is 0 Å². The van der Waals surface area contributed by atoms with Crippen molar-refractivity contribution in [3.63, 3.8) is 0 Å². The monoisotopic (exact) mass is 266 g/mol. The molecule has 0 amide bonds. The highest BCUT2D eigenvalue weighted by molar-refractivity contribution is 7.92. The van der Waals surface area contributed by atoms with Crippen LogP contribution in [0.3, 0.4) is 0 Å². The highest BCUT2D eigenvalue weighted by atomic mass is 32.2. The van der Waals surface area contributed by atoms with Gasteiger partial charge in [-0.15, -0.1) is 0 Å². The van der Waals surface area contributed by atoms with Crippen LogP contribution in [-0.2, 0) is 9.84 Å². The normalized spacial score (nSPS) is 25.6. The third-order valence-corrected chi connectivity index (χ3v) is 6.46. The van der Waals surface area contributed by atoms with Gasteiger partial charge in [0.2, 0.25) is 0 Å². The molecule has 1 spiro atoms. The van der Waals surface area contributed by atoms with Crippen LogP contribution in [0, 0.1) is 19.3 Å². The summed E-state index contributed by atoms with van der Waals surface area (Å²) < 4.78 is 25.3. The molecule has 18 heavy (non-hydrogen) atoms. The molecule has 1 aromatic rings. The predicted octanol–water partition coefficient (Wildman–Crippen LogP) is 0.596. The van der Waals surface area contributed by atoms with Gasteiger partial charge in [-0.1, -0.05) is 17.7 Å². The Morgan fingerprint density at radius 1 is 1.22 bits per heavy atom. The molecule has 98 valence electrons. The Hall–Kier alpha value is -0.910. The fourth-order valence-corrected chi connectivity index (χ4v) is 5.15. The molecule has 2 saturated heterocycles. The lowest BCUT2D eigenvalue weighted by Crippen LogP contribution is -2.77. The van der Waals surface area contributed by atoms with Crippen molar-refractivity contribution in [2.75, 3.05) is 19.6 Å². The molecule has 0 saturated carbocycles. The maximum absolute atomic E-state index is 12.7. The first-order valence-electron chi connectivity index (χ1n) is 6.21. The van der Waals surface area contributed by atoms with Crippen LogP contribution < -0.4 is 10.6 Å². The molecule has 0 radical (unpaired) electrons. The van der Waals surface area contributed by atoms with E-state index in [-0.39, 0.29) is 5.41 Å². The van der Waals surface area contributed by atoms with Crippen LogP contribution in [0.1, 0.15) is 11.1 Å². The van der Waals surface area contributed by atoms with Crippen molar-refractivity contribution >= 4 is 9.84 Å². The Morgan fingerprint density at radius 2 is 1.94 bits per heavy atom. The van der Waals surface area contributed by atoms with Crippen LogP contribution in [0.2, 0.25) is 0 Å². The van der Waals surface area contributed by atoms with Crippen LogP contribution in [0.25, 0.3) is 0 Å². The van der Waals surface area contributed by atoms with Crippen LogP contribution in [-0.4, -0.2) is 33.4 Å². The third kappa shape index (κ3) is 1.54. The second-order valence-electron chi connectivity index (χ2n) is 5.54. The van der Waals surface area contributed by atoms with Crippen molar-refractivity contribution in [3.05, 3.63) is 29.3 Å². The van der Waals surface area contributed by atoms with E-state index in [1.54, 1.807) is 6.07 Å². The number of sulfone groups is 1. The smallest absolute Gasteiger partial charge is 0.195 e. The van der Waals surface area contributed by atoms with E-state index in [4.69, 9.17) is 0 Å². The molecule has 2 N–H and O–H groups in total. The summed E-state index contributed by atoms with van der Waals surface area (Å²) in [6, 6.07) is 5.53. The average molecular weight is 266 g/mol. The summed E-state index contributed by atoms with van der Waals surface area (Å²) in [5.41, 5.74) is 1.86. The Bertz CT molecular complexity index is 585. The zero-order valence-corrected chi connectivity index (χ0v) is 11.5. The van der Waals surface area contributed by atoms with Crippen LogP contribution >= 0.6 is 0 Å². The second kappa shape index (κ2) is 3.79. The third-order valence-electron chi connectivity index (χ3n) is 4.10. The number of aryl methyl sites for hydroxylation is 2. The van der Waals surface area contributed by atoms with E-state index < -0.39 is 15.2 Å². The van der Waals surface area contributed by atoms with Crippen LogP contribution in [0.5, 0.6) is 0 Å². The van der Waals surface area contributed by atoms with Gasteiger partial charge in [-0.3, -0.25) is 5.32 Å². The quantitative estimate of drug-likeness (QED) is 0.823. The number of hydrogen-bond acceptors (Lipinski definition) is 4. The van der Waals surface area contributed by atoms with Gasteiger partial charge in [-0.05, 0) is 25.5 Å². The van der Waals surface area contributed by atoms with Gasteiger partial charge < -0.3 is 5.32 Å². The fourth-order valence-electron chi connectivity index (χ4n) is 2.91. The van der Waals surface area contributed by atoms with Gasteiger partial charge in [0.25, 0.3) is 0 Å². The predicted molar refractivity (Wildman–Crippen MR) is 70.2 cm³/mol.